The first-order valence-corrected chi connectivity index (χ1v) is 17.1. The molecule has 0 spiro atoms. The highest BCUT2D eigenvalue weighted by Crippen LogP contribution is 2.38. The van der Waals surface area contributed by atoms with Gasteiger partial charge in [0.15, 0.2) is 6.10 Å². The Morgan fingerprint density at radius 3 is 2.31 bits per heavy atom. The summed E-state index contributed by atoms with van der Waals surface area (Å²) >= 11 is 6.07. The van der Waals surface area contributed by atoms with Crippen LogP contribution in [0.4, 0.5) is 29.3 Å². The first-order valence-electron chi connectivity index (χ1n) is 16.8. The Kier molecular flexibility index (Phi) is 11.8. The zero-order valence-electron chi connectivity index (χ0n) is 27.3. The number of para-hydroxylation sites is 1. The fraction of sp³-hybridized carbons (Fsp3) is 0.559. The number of nitrogens with one attached hydrogen (secondary N) is 1. The second-order valence-corrected chi connectivity index (χ2v) is 13.5. The number of hydrogen-bond acceptors (Lipinski definition) is 8. The number of hydrogen-bond donors (Lipinski definition) is 4. The molecule has 0 aromatic heterocycles. The van der Waals surface area contributed by atoms with E-state index in [0.29, 0.717) is 64.8 Å². The van der Waals surface area contributed by atoms with Crippen LogP contribution in [0, 0.1) is 0 Å². The molecule has 2 aromatic carbocycles. The number of anilines is 2. The molecule has 3 saturated heterocycles. The lowest BCUT2D eigenvalue weighted by Gasteiger charge is -2.39. The fourth-order valence-corrected chi connectivity index (χ4v) is 7.41. The van der Waals surface area contributed by atoms with E-state index in [9.17, 15) is 32.7 Å². The second kappa shape index (κ2) is 15.9. The number of ether oxygens (including phenoxy) is 1. The van der Waals surface area contributed by atoms with Crippen molar-refractivity contribution in [3.05, 3.63) is 58.1 Å². The van der Waals surface area contributed by atoms with Gasteiger partial charge in [-0.05, 0) is 87.4 Å². The number of carboxylic acid groups (broad SMARTS) is 1. The van der Waals surface area contributed by atoms with Crippen molar-refractivity contribution in [2.45, 2.75) is 81.8 Å². The van der Waals surface area contributed by atoms with Crippen molar-refractivity contribution in [1.29, 1.82) is 0 Å². The van der Waals surface area contributed by atoms with Crippen molar-refractivity contribution in [2.75, 3.05) is 50.7 Å². The fourth-order valence-electron chi connectivity index (χ4n) is 7.17. The maximum atomic E-state index is 13.9. The van der Waals surface area contributed by atoms with E-state index in [1.165, 1.54) is 11.0 Å². The molecule has 11 nitrogen and oxygen atoms in total. The van der Waals surface area contributed by atoms with Crippen molar-refractivity contribution < 1.29 is 37.4 Å². The molecule has 2 amide bonds. The van der Waals surface area contributed by atoms with Gasteiger partial charge in [-0.25, -0.2) is 4.79 Å². The maximum Gasteiger partial charge on any atom is 0.418 e. The lowest BCUT2D eigenvalue weighted by atomic mass is 9.99. The van der Waals surface area contributed by atoms with Gasteiger partial charge in [-0.2, -0.15) is 13.2 Å². The van der Waals surface area contributed by atoms with Crippen molar-refractivity contribution >= 4 is 40.9 Å². The molecule has 3 fully saturated rings. The average Bonchev–Trinajstić information content (AvgIpc) is 3.57. The minimum atomic E-state index is -4.78. The molecule has 0 aliphatic carbocycles. The van der Waals surface area contributed by atoms with Crippen LogP contribution in [0.5, 0.6) is 0 Å². The number of carboxylic acids is 1. The highest BCUT2D eigenvalue weighted by molar-refractivity contribution is 6.33. The zero-order valence-corrected chi connectivity index (χ0v) is 28.0. The molecule has 2 atom stereocenters. The Morgan fingerprint density at radius 1 is 0.980 bits per heavy atom. The number of benzene rings is 2. The molecule has 268 valence electrons. The Hall–Kier alpha value is -3.75. The minimum absolute atomic E-state index is 0.0149. The lowest BCUT2D eigenvalue weighted by Crippen LogP contribution is -2.53. The van der Waals surface area contributed by atoms with Crippen LogP contribution in [0.1, 0.15) is 55.2 Å². The number of likely N-dealkylation sites (tertiary alicyclic amines) is 3. The summed E-state index contributed by atoms with van der Waals surface area (Å²) < 4.78 is 47.0. The molecule has 3 aliphatic rings. The van der Waals surface area contributed by atoms with E-state index in [-0.39, 0.29) is 29.1 Å². The van der Waals surface area contributed by atoms with E-state index >= 15 is 0 Å². The number of piperidine rings is 2. The second-order valence-electron chi connectivity index (χ2n) is 13.1. The quantitative estimate of drug-likeness (QED) is 0.263. The molecule has 0 unspecified atom stereocenters. The van der Waals surface area contributed by atoms with E-state index in [4.69, 9.17) is 27.8 Å². The van der Waals surface area contributed by atoms with Gasteiger partial charge in [-0.15, -0.1) is 0 Å². The molecule has 15 heteroatoms. The summed E-state index contributed by atoms with van der Waals surface area (Å²) in [5.41, 5.74) is 11.8. The van der Waals surface area contributed by atoms with E-state index in [1.54, 1.807) is 4.90 Å². The third kappa shape index (κ3) is 9.08. The van der Waals surface area contributed by atoms with Gasteiger partial charge in [0.2, 0.25) is 0 Å². The summed E-state index contributed by atoms with van der Waals surface area (Å²) in [6.45, 7) is 2.73. The minimum Gasteiger partial charge on any atom is -0.480 e. The predicted octanol–water partition coefficient (Wildman–Crippen LogP) is 4.41. The topological polar surface area (TPSA) is 154 Å². The average molecular weight is 709 g/mol. The van der Waals surface area contributed by atoms with Gasteiger partial charge in [0, 0.05) is 50.4 Å². The van der Waals surface area contributed by atoms with Gasteiger partial charge in [0.1, 0.15) is 6.04 Å². The molecule has 0 bridgehead atoms. The third-order valence-electron chi connectivity index (χ3n) is 9.89. The van der Waals surface area contributed by atoms with Gasteiger partial charge in [-0.1, -0.05) is 29.8 Å². The van der Waals surface area contributed by atoms with E-state index in [2.05, 4.69) is 5.32 Å². The molecule has 3 heterocycles. The summed E-state index contributed by atoms with van der Waals surface area (Å²) in [5, 5.41) is 12.8. The number of alkyl halides is 3. The summed E-state index contributed by atoms with van der Waals surface area (Å²) in [7, 11) is 0. The van der Waals surface area contributed by atoms with Gasteiger partial charge in [0.05, 0.1) is 16.3 Å². The predicted molar refractivity (Wildman–Crippen MR) is 179 cm³/mol. The first-order chi connectivity index (χ1) is 23.3. The Balaban J connectivity index is 1.23. The van der Waals surface area contributed by atoms with Crippen LogP contribution in [0.3, 0.4) is 0 Å². The Morgan fingerprint density at radius 2 is 1.65 bits per heavy atom. The summed E-state index contributed by atoms with van der Waals surface area (Å²) in [6, 6.07) is 9.37. The number of nitrogens with zero attached hydrogens (tertiary/aromatic N) is 3. The van der Waals surface area contributed by atoms with Gasteiger partial charge < -0.3 is 36.4 Å². The maximum absolute atomic E-state index is 13.9. The van der Waals surface area contributed by atoms with Crippen LogP contribution in [0.2, 0.25) is 5.02 Å². The molecule has 6 N–H and O–H groups in total. The van der Waals surface area contributed by atoms with E-state index < -0.39 is 47.5 Å². The number of aliphatic carboxylic acids is 1. The number of amides is 2. The highest BCUT2D eigenvalue weighted by Gasteiger charge is 2.40. The number of nitrogens with two attached hydrogens (primary N) is 2. The Labute approximate surface area is 288 Å². The molecule has 49 heavy (non-hydrogen) atoms. The molecular formula is C34H44ClF3N6O5. The molecular weight excluding hydrogens is 665 g/mol. The van der Waals surface area contributed by atoms with Crippen LogP contribution in [-0.2, 0) is 33.3 Å². The summed E-state index contributed by atoms with van der Waals surface area (Å²) in [4.78, 5) is 44.1. The number of carbonyl (C=O) groups is 3. The number of rotatable bonds is 10. The standard InChI is InChI=1S/C34H44ClF3N6O5/c35-26-19-21(18-25(30(26)40)34(36,37)38)20-29(31(45)42-16-10-24(11-17-42)44-13-3-6-28(44)32(46)47)49-33(48)43-14-8-23(9-15-43)41-12-7-22-4-1-2-5-27(22)39/h1-2,4-5,18-19,23-24,28-29,41H,3,6-17,20,39-40H2,(H,46,47)/t28-,29+/m0/s1. The van der Waals surface area contributed by atoms with Gasteiger partial charge >= 0.3 is 18.2 Å². The van der Waals surface area contributed by atoms with Gasteiger partial charge in [-0.3, -0.25) is 14.5 Å². The third-order valence-corrected chi connectivity index (χ3v) is 10.2. The lowest BCUT2D eigenvalue weighted by molar-refractivity contribution is -0.146. The van der Waals surface area contributed by atoms with Crippen molar-refractivity contribution in [2.24, 2.45) is 0 Å². The van der Waals surface area contributed by atoms with Gasteiger partial charge in [0.25, 0.3) is 5.91 Å². The summed E-state index contributed by atoms with van der Waals surface area (Å²) in [6.07, 6.45) is -2.75. The number of nitrogen functional groups attached to an aromatic ring is 2. The first kappa shape index (κ1) is 36.5. The van der Waals surface area contributed by atoms with Crippen molar-refractivity contribution in [3.8, 4) is 0 Å². The van der Waals surface area contributed by atoms with Crippen molar-refractivity contribution in [1.82, 2.24) is 20.0 Å². The molecule has 2 aromatic rings. The Bertz CT molecular complexity index is 1500. The van der Waals surface area contributed by atoms with Crippen LogP contribution in [-0.4, -0.2) is 101 Å². The van der Waals surface area contributed by atoms with Crippen molar-refractivity contribution in [3.63, 3.8) is 0 Å². The van der Waals surface area contributed by atoms with Crippen LogP contribution < -0.4 is 16.8 Å². The summed E-state index contributed by atoms with van der Waals surface area (Å²) in [5.74, 6) is -1.39. The normalized spacial score (nSPS) is 20.4. The van der Waals surface area contributed by atoms with Crippen LogP contribution in [0.25, 0.3) is 0 Å². The smallest absolute Gasteiger partial charge is 0.418 e. The van der Waals surface area contributed by atoms with E-state index in [1.807, 2.05) is 29.2 Å². The SMILES string of the molecule is Nc1ccccc1CCNC1CCN(C(=O)O[C@H](Cc2cc(Cl)c(N)c(C(F)(F)F)c2)C(=O)N2CCC(N3CCC[C@H]3C(=O)O)CC2)CC1. The monoisotopic (exact) mass is 708 g/mol. The van der Waals surface area contributed by atoms with Crippen LogP contribution >= 0.6 is 11.6 Å². The number of carbonyl (C=O) groups excluding carboxylic acids is 2. The molecule has 0 saturated carbocycles. The zero-order chi connectivity index (χ0) is 35.3. The largest absolute Gasteiger partial charge is 0.480 e. The van der Waals surface area contributed by atoms with E-state index in [0.717, 1.165) is 36.7 Å². The van der Waals surface area contributed by atoms with Crippen LogP contribution in [0.15, 0.2) is 36.4 Å². The molecule has 5 rings (SSSR count). The molecule has 0 radical (unpaired) electrons. The molecule has 3 aliphatic heterocycles. The highest BCUT2D eigenvalue weighted by atomic mass is 35.5. The number of halogens is 4.